The second-order valence-electron chi connectivity index (χ2n) is 7.22. The molecule has 0 aliphatic heterocycles. The molecule has 2 rings (SSSR count). The minimum absolute atomic E-state index is 0.0395. The van der Waals surface area contributed by atoms with Crippen molar-refractivity contribution in [2.24, 2.45) is 0 Å². The van der Waals surface area contributed by atoms with E-state index >= 15 is 0 Å². The molecule has 0 fully saturated rings. The first-order valence-corrected chi connectivity index (χ1v) is 9.75. The van der Waals surface area contributed by atoms with Crippen LogP contribution in [0.2, 0.25) is 0 Å². The number of hydrogen-bond donors (Lipinski definition) is 1. The molecule has 1 N–H and O–H groups in total. The highest BCUT2D eigenvalue weighted by Crippen LogP contribution is 2.29. The van der Waals surface area contributed by atoms with Crippen LogP contribution in [0.4, 0.5) is 0 Å². The predicted octanol–water partition coefficient (Wildman–Crippen LogP) is 3.73. The summed E-state index contributed by atoms with van der Waals surface area (Å²) in [6.45, 7) is 7.31. The van der Waals surface area contributed by atoms with Gasteiger partial charge in [-0.05, 0) is 74.7 Å². The summed E-state index contributed by atoms with van der Waals surface area (Å²) in [5.74, 6) is 0.0221. The van der Waals surface area contributed by atoms with Crippen molar-refractivity contribution in [3.63, 3.8) is 0 Å². The average Bonchev–Trinajstić information content (AvgIpc) is 2.73. The van der Waals surface area contributed by atoms with Gasteiger partial charge in [0.25, 0.3) is 5.91 Å². The van der Waals surface area contributed by atoms with Crippen LogP contribution in [-0.2, 0) is 9.59 Å². The van der Waals surface area contributed by atoms with Crippen LogP contribution >= 0.6 is 0 Å². The third-order valence-corrected chi connectivity index (χ3v) is 4.34. The molecule has 162 valence electrons. The van der Waals surface area contributed by atoms with Crippen molar-refractivity contribution in [3.8, 4) is 23.3 Å². The maximum Gasteiger partial charge on any atom is 0.349 e. The Hall–Kier alpha value is -3.79. The molecule has 0 unspecified atom stereocenters. The standard InChI is InChI=1S/C24H26N2O5/c1-15(2)26-24(28)19(13-25)11-18-7-9-21(22(12-18)29-5)31-23(27)14-30-20-8-6-16(3)17(4)10-20/h6-12,15H,14H2,1-5H3,(H,26,28)/b19-11+. The van der Waals surface area contributed by atoms with E-state index in [2.05, 4.69) is 5.32 Å². The van der Waals surface area contributed by atoms with Gasteiger partial charge in [0.15, 0.2) is 18.1 Å². The number of aryl methyl sites for hydroxylation is 2. The number of carbonyl (C=O) groups is 2. The first-order chi connectivity index (χ1) is 14.7. The molecule has 0 aliphatic rings. The van der Waals surface area contributed by atoms with Crippen LogP contribution in [0.5, 0.6) is 17.2 Å². The molecule has 31 heavy (non-hydrogen) atoms. The number of amides is 1. The molecule has 0 heterocycles. The third-order valence-electron chi connectivity index (χ3n) is 4.34. The number of esters is 1. The molecule has 7 heteroatoms. The molecule has 0 bridgehead atoms. The van der Waals surface area contributed by atoms with Crippen molar-refractivity contribution < 1.29 is 23.8 Å². The molecule has 2 aromatic carbocycles. The van der Waals surface area contributed by atoms with Gasteiger partial charge in [0.2, 0.25) is 0 Å². The summed E-state index contributed by atoms with van der Waals surface area (Å²) >= 11 is 0. The second kappa shape index (κ2) is 10.8. The van der Waals surface area contributed by atoms with E-state index in [1.165, 1.54) is 19.3 Å². The maximum absolute atomic E-state index is 12.2. The summed E-state index contributed by atoms with van der Waals surface area (Å²) < 4.78 is 16.1. The lowest BCUT2D eigenvalue weighted by Crippen LogP contribution is -2.30. The van der Waals surface area contributed by atoms with Gasteiger partial charge in [0.1, 0.15) is 17.4 Å². The van der Waals surface area contributed by atoms with E-state index in [0.717, 1.165) is 11.1 Å². The summed E-state index contributed by atoms with van der Waals surface area (Å²) in [6, 6.07) is 12.1. The van der Waals surface area contributed by atoms with Crippen LogP contribution in [0.25, 0.3) is 6.08 Å². The second-order valence-corrected chi connectivity index (χ2v) is 7.22. The number of methoxy groups -OCH3 is 1. The van der Waals surface area contributed by atoms with Crippen LogP contribution in [-0.4, -0.2) is 31.6 Å². The van der Waals surface area contributed by atoms with Crippen LogP contribution in [0, 0.1) is 25.2 Å². The van der Waals surface area contributed by atoms with Gasteiger partial charge in [0.05, 0.1) is 7.11 Å². The Balaban J connectivity index is 2.09. The average molecular weight is 422 g/mol. The smallest absolute Gasteiger partial charge is 0.349 e. The van der Waals surface area contributed by atoms with Crippen LogP contribution in [0.1, 0.15) is 30.5 Å². The number of nitrogens with zero attached hydrogens (tertiary/aromatic N) is 1. The summed E-state index contributed by atoms with van der Waals surface area (Å²) in [7, 11) is 1.43. The molecule has 1 amide bonds. The van der Waals surface area contributed by atoms with Crippen molar-refractivity contribution in [2.45, 2.75) is 33.7 Å². The maximum atomic E-state index is 12.2. The van der Waals surface area contributed by atoms with Gasteiger partial charge in [-0.25, -0.2) is 4.79 Å². The van der Waals surface area contributed by atoms with E-state index in [-0.39, 0.29) is 29.7 Å². The van der Waals surface area contributed by atoms with Gasteiger partial charge in [-0.15, -0.1) is 0 Å². The molecule has 2 aromatic rings. The van der Waals surface area contributed by atoms with E-state index in [1.54, 1.807) is 18.2 Å². The van der Waals surface area contributed by atoms with E-state index in [0.29, 0.717) is 11.3 Å². The highest BCUT2D eigenvalue weighted by Gasteiger charge is 2.14. The number of nitrogens with one attached hydrogen (secondary N) is 1. The predicted molar refractivity (Wildman–Crippen MR) is 117 cm³/mol. The fraction of sp³-hybridized carbons (Fsp3) is 0.292. The lowest BCUT2D eigenvalue weighted by atomic mass is 10.1. The van der Waals surface area contributed by atoms with Gasteiger partial charge in [-0.1, -0.05) is 12.1 Å². The molecule has 7 nitrogen and oxygen atoms in total. The van der Waals surface area contributed by atoms with Gasteiger partial charge in [0, 0.05) is 6.04 Å². The van der Waals surface area contributed by atoms with Crippen molar-refractivity contribution >= 4 is 18.0 Å². The SMILES string of the molecule is COc1cc(/C=C(\C#N)C(=O)NC(C)C)ccc1OC(=O)COc1ccc(C)c(C)c1. The molecule has 0 saturated heterocycles. The highest BCUT2D eigenvalue weighted by atomic mass is 16.6. The third kappa shape index (κ3) is 6.89. The monoisotopic (exact) mass is 422 g/mol. The first kappa shape index (κ1) is 23.5. The van der Waals surface area contributed by atoms with Crippen LogP contribution in [0.3, 0.4) is 0 Å². The number of hydrogen-bond acceptors (Lipinski definition) is 6. The fourth-order valence-corrected chi connectivity index (χ4v) is 2.61. The molecule has 0 spiro atoms. The number of benzene rings is 2. The summed E-state index contributed by atoms with van der Waals surface area (Å²) in [4.78, 5) is 24.3. The summed E-state index contributed by atoms with van der Waals surface area (Å²) in [5, 5.41) is 11.9. The fourth-order valence-electron chi connectivity index (χ4n) is 2.61. The number of nitriles is 1. The Kier molecular flexibility index (Phi) is 8.21. The number of ether oxygens (including phenoxy) is 3. The van der Waals surface area contributed by atoms with Crippen LogP contribution < -0.4 is 19.5 Å². The van der Waals surface area contributed by atoms with Crippen molar-refractivity contribution in [1.29, 1.82) is 5.26 Å². The quantitative estimate of drug-likeness (QED) is 0.301. The van der Waals surface area contributed by atoms with Gasteiger partial charge < -0.3 is 19.5 Å². The van der Waals surface area contributed by atoms with E-state index in [9.17, 15) is 14.9 Å². The zero-order valence-electron chi connectivity index (χ0n) is 18.3. The topological polar surface area (TPSA) is 97.6 Å². The van der Waals surface area contributed by atoms with Gasteiger partial charge in [-0.2, -0.15) is 5.26 Å². The minimum atomic E-state index is -0.589. The highest BCUT2D eigenvalue weighted by molar-refractivity contribution is 6.01. The molecule has 0 radical (unpaired) electrons. The van der Waals surface area contributed by atoms with Crippen molar-refractivity contribution in [1.82, 2.24) is 5.32 Å². The zero-order valence-corrected chi connectivity index (χ0v) is 18.3. The minimum Gasteiger partial charge on any atom is -0.493 e. The lowest BCUT2D eigenvalue weighted by Gasteiger charge is -2.11. The van der Waals surface area contributed by atoms with Crippen molar-refractivity contribution in [2.75, 3.05) is 13.7 Å². The molecule has 0 atom stereocenters. The van der Waals surface area contributed by atoms with E-state index in [4.69, 9.17) is 14.2 Å². The van der Waals surface area contributed by atoms with E-state index in [1.807, 2.05) is 45.9 Å². The normalized spacial score (nSPS) is 10.9. The largest absolute Gasteiger partial charge is 0.493 e. The summed E-state index contributed by atoms with van der Waals surface area (Å²) in [6.07, 6.45) is 1.44. The lowest BCUT2D eigenvalue weighted by molar-refractivity contribution is -0.136. The molecular weight excluding hydrogens is 396 g/mol. The molecule has 0 aromatic heterocycles. The Morgan fingerprint density at radius 2 is 1.84 bits per heavy atom. The molecular formula is C24H26N2O5. The number of carbonyl (C=O) groups excluding carboxylic acids is 2. The molecule has 0 saturated carbocycles. The Morgan fingerprint density at radius 3 is 2.45 bits per heavy atom. The van der Waals surface area contributed by atoms with Gasteiger partial charge >= 0.3 is 5.97 Å². The Morgan fingerprint density at radius 1 is 1.10 bits per heavy atom. The first-order valence-electron chi connectivity index (χ1n) is 9.75. The molecule has 0 aliphatic carbocycles. The Labute approximate surface area is 182 Å². The Bertz CT molecular complexity index is 1030. The van der Waals surface area contributed by atoms with Crippen LogP contribution in [0.15, 0.2) is 42.0 Å². The van der Waals surface area contributed by atoms with E-state index < -0.39 is 11.9 Å². The van der Waals surface area contributed by atoms with Crippen molar-refractivity contribution in [3.05, 3.63) is 58.7 Å². The number of rotatable bonds is 8. The summed E-state index contributed by atoms with van der Waals surface area (Å²) in [5.41, 5.74) is 2.71. The van der Waals surface area contributed by atoms with Gasteiger partial charge in [-0.3, -0.25) is 4.79 Å². The zero-order chi connectivity index (χ0) is 23.0.